The predicted molar refractivity (Wildman–Crippen MR) is 93.3 cm³/mol. The van der Waals surface area contributed by atoms with Crippen LogP contribution >= 0.6 is 6.72 Å². The van der Waals surface area contributed by atoms with Gasteiger partial charge in [-0.25, -0.2) is 10.5 Å². The molecule has 0 radical (unpaired) electrons. The molecule has 0 saturated heterocycles. The van der Waals surface area contributed by atoms with Crippen LogP contribution in [0.3, 0.4) is 0 Å². The van der Waals surface area contributed by atoms with Gasteiger partial charge in [-0.3, -0.25) is 0 Å². The van der Waals surface area contributed by atoms with Crippen LogP contribution < -0.4 is 5.90 Å². The van der Waals surface area contributed by atoms with Crippen molar-refractivity contribution in [1.82, 2.24) is 0 Å². The van der Waals surface area contributed by atoms with E-state index in [0.29, 0.717) is 6.61 Å². The van der Waals surface area contributed by atoms with Crippen LogP contribution in [0.2, 0.25) is 0 Å². The second-order valence-corrected chi connectivity index (χ2v) is 8.07. The first-order chi connectivity index (χ1) is 10.1. The van der Waals surface area contributed by atoms with Crippen molar-refractivity contribution in [2.24, 2.45) is 5.90 Å². The van der Waals surface area contributed by atoms with Gasteiger partial charge in [-0.2, -0.15) is 0 Å². The van der Waals surface area contributed by atoms with Crippen molar-refractivity contribution in [2.75, 3.05) is 6.61 Å². The number of unbranched alkanes of at least 4 members (excludes halogenated alkanes) is 9. The van der Waals surface area contributed by atoms with Crippen molar-refractivity contribution in [2.45, 2.75) is 77.6 Å². The lowest BCUT2D eigenvalue weighted by atomic mass is 10.1. The van der Waals surface area contributed by atoms with E-state index in [2.05, 4.69) is 35.5 Å². The first kappa shape index (κ1) is 21.2. The summed E-state index contributed by atoms with van der Waals surface area (Å²) in [5, 5.41) is 0. The maximum atomic E-state index is 9.27. The Balaban J connectivity index is 3.16. The number of hydrogen-bond acceptors (Lipinski definition) is 4. The zero-order chi connectivity index (χ0) is 15.8. The first-order valence-electron chi connectivity index (χ1n) is 8.13. The molecular weight excluding hydrogens is 305 g/mol. The largest absolute Gasteiger partial charge is 0.341 e. The minimum absolute atomic E-state index is 0.424. The Hall–Kier alpha value is 0.230. The van der Waals surface area contributed by atoms with Crippen molar-refractivity contribution >= 4 is 18.5 Å². The molecule has 0 amide bonds. The molecular formula is C15H32NO3PS. The summed E-state index contributed by atoms with van der Waals surface area (Å²) in [7, 11) is 0. The second kappa shape index (κ2) is 15.1. The molecule has 0 bridgehead atoms. The third-order valence-electron chi connectivity index (χ3n) is 3.29. The van der Waals surface area contributed by atoms with E-state index in [1.807, 2.05) is 0 Å². The van der Waals surface area contributed by atoms with Gasteiger partial charge in [-0.15, -0.1) is 0 Å². The molecule has 3 N–H and O–H groups in total. The number of allylic oxidation sites excluding steroid dienone is 2. The Morgan fingerprint density at radius 3 is 2.05 bits per heavy atom. The molecule has 0 spiro atoms. The molecule has 126 valence electrons. The fraction of sp³-hybridized carbons (Fsp3) is 0.867. The fourth-order valence-electron chi connectivity index (χ4n) is 2.02. The molecule has 0 fully saturated rings. The SMILES string of the molecule is CCCC/C=C\CCCCCCCCCOP(O)(=S)ON. The minimum atomic E-state index is -3.15. The van der Waals surface area contributed by atoms with E-state index in [1.165, 1.54) is 57.8 Å². The van der Waals surface area contributed by atoms with Crippen molar-refractivity contribution in [3.8, 4) is 0 Å². The van der Waals surface area contributed by atoms with Gasteiger partial charge in [-0.05, 0) is 37.5 Å². The molecule has 0 aliphatic carbocycles. The van der Waals surface area contributed by atoms with Crippen LogP contribution in [0.4, 0.5) is 0 Å². The minimum Gasteiger partial charge on any atom is -0.323 e. The highest BCUT2D eigenvalue weighted by Gasteiger charge is 2.11. The average molecular weight is 337 g/mol. The molecule has 0 aromatic carbocycles. The van der Waals surface area contributed by atoms with Crippen molar-refractivity contribution in [3.05, 3.63) is 12.2 Å². The predicted octanol–water partition coefficient (Wildman–Crippen LogP) is 4.98. The normalized spacial score (nSPS) is 14.6. The van der Waals surface area contributed by atoms with E-state index in [1.54, 1.807) is 0 Å². The van der Waals surface area contributed by atoms with Crippen LogP contribution in [0.1, 0.15) is 77.6 Å². The molecule has 1 unspecified atom stereocenters. The standard InChI is InChI=1S/C15H32NO3PS/c1-2-3-4-5-6-7-8-9-10-11-12-13-14-15-18-20(17,21)19-16/h5-6H,2-4,7-16H2,1H3,(H,17,21)/b6-5-. The lowest BCUT2D eigenvalue weighted by Gasteiger charge is -2.11. The summed E-state index contributed by atoms with van der Waals surface area (Å²) < 4.78 is 9.21. The molecule has 0 aliphatic rings. The summed E-state index contributed by atoms with van der Waals surface area (Å²) in [6.07, 6.45) is 18.0. The Kier molecular flexibility index (Phi) is 15.3. The van der Waals surface area contributed by atoms with Crippen LogP contribution in [-0.2, 0) is 21.0 Å². The van der Waals surface area contributed by atoms with Crippen LogP contribution in [-0.4, -0.2) is 11.5 Å². The van der Waals surface area contributed by atoms with Gasteiger partial charge >= 0.3 is 6.72 Å². The quantitative estimate of drug-likeness (QED) is 0.191. The van der Waals surface area contributed by atoms with E-state index in [4.69, 9.17) is 10.4 Å². The Morgan fingerprint density at radius 2 is 1.48 bits per heavy atom. The summed E-state index contributed by atoms with van der Waals surface area (Å²) in [5.41, 5.74) is 0. The maximum absolute atomic E-state index is 9.27. The monoisotopic (exact) mass is 337 g/mol. The molecule has 0 saturated carbocycles. The zero-order valence-electron chi connectivity index (χ0n) is 13.3. The van der Waals surface area contributed by atoms with Gasteiger partial charge in [0.2, 0.25) is 0 Å². The Morgan fingerprint density at radius 1 is 0.952 bits per heavy atom. The van der Waals surface area contributed by atoms with Gasteiger partial charge in [0.25, 0.3) is 0 Å². The zero-order valence-corrected chi connectivity index (χ0v) is 15.0. The summed E-state index contributed by atoms with van der Waals surface area (Å²) >= 11 is 4.63. The van der Waals surface area contributed by atoms with E-state index < -0.39 is 6.72 Å². The molecule has 0 rings (SSSR count). The molecule has 0 heterocycles. The number of nitrogens with two attached hydrogens (primary N) is 1. The van der Waals surface area contributed by atoms with Crippen LogP contribution in [0, 0.1) is 0 Å². The Bertz CT molecular complexity index is 301. The Labute approximate surface area is 135 Å². The summed E-state index contributed by atoms with van der Waals surface area (Å²) in [5.74, 6) is 4.83. The van der Waals surface area contributed by atoms with E-state index in [-0.39, 0.29) is 0 Å². The van der Waals surface area contributed by atoms with Crippen LogP contribution in [0.15, 0.2) is 12.2 Å². The smallest absolute Gasteiger partial charge is 0.323 e. The van der Waals surface area contributed by atoms with Gasteiger partial charge in [0.1, 0.15) is 0 Å². The average Bonchev–Trinajstić information content (AvgIpc) is 2.47. The van der Waals surface area contributed by atoms with Gasteiger partial charge in [0.15, 0.2) is 0 Å². The van der Waals surface area contributed by atoms with Crippen molar-refractivity contribution in [1.29, 1.82) is 0 Å². The molecule has 4 nitrogen and oxygen atoms in total. The third kappa shape index (κ3) is 16.4. The third-order valence-corrected chi connectivity index (χ3v) is 4.64. The van der Waals surface area contributed by atoms with Gasteiger partial charge in [0, 0.05) is 0 Å². The summed E-state index contributed by atoms with van der Waals surface area (Å²) in [6, 6.07) is 0. The van der Waals surface area contributed by atoms with Crippen LogP contribution in [0.25, 0.3) is 0 Å². The number of hydrogen-bond donors (Lipinski definition) is 2. The molecule has 0 aliphatic heterocycles. The summed E-state index contributed by atoms with van der Waals surface area (Å²) in [6.45, 7) is -0.502. The summed E-state index contributed by atoms with van der Waals surface area (Å²) in [4.78, 5) is 9.27. The van der Waals surface area contributed by atoms with Crippen molar-refractivity contribution < 1.29 is 14.0 Å². The molecule has 0 aromatic rings. The highest BCUT2D eigenvalue weighted by molar-refractivity contribution is 8.07. The highest BCUT2D eigenvalue weighted by Crippen LogP contribution is 2.41. The highest BCUT2D eigenvalue weighted by atomic mass is 32.5. The fourth-order valence-corrected chi connectivity index (χ4v) is 2.66. The van der Waals surface area contributed by atoms with E-state index in [0.717, 1.165) is 12.8 Å². The van der Waals surface area contributed by atoms with E-state index >= 15 is 0 Å². The topological polar surface area (TPSA) is 64.7 Å². The lowest BCUT2D eigenvalue weighted by Crippen LogP contribution is -2.01. The molecule has 6 heteroatoms. The first-order valence-corrected chi connectivity index (χ1v) is 10.7. The second-order valence-electron chi connectivity index (χ2n) is 5.28. The van der Waals surface area contributed by atoms with Gasteiger partial charge in [-0.1, -0.05) is 64.0 Å². The van der Waals surface area contributed by atoms with E-state index in [9.17, 15) is 4.89 Å². The van der Waals surface area contributed by atoms with Gasteiger partial charge in [0.05, 0.1) is 6.61 Å². The molecule has 1 atom stereocenters. The number of rotatable bonds is 15. The van der Waals surface area contributed by atoms with Gasteiger partial charge < -0.3 is 9.42 Å². The van der Waals surface area contributed by atoms with Crippen molar-refractivity contribution in [3.63, 3.8) is 0 Å². The lowest BCUT2D eigenvalue weighted by molar-refractivity contribution is 0.196. The molecule has 21 heavy (non-hydrogen) atoms. The van der Waals surface area contributed by atoms with Crippen LogP contribution in [0.5, 0.6) is 0 Å². The molecule has 0 aromatic heterocycles. The maximum Gasteiger partial charge on any atom is 0.341 e.